The number of likely N-dealkylation sites (N-methyl/N-ethyl adjacent to an activating group) is 1. The molecule has 1 aromatic carbocycles. The lowest BCUT2D eigenvalue weighted by molar-refractivity contribution is 0.0809. The Labute approximate surface area is 112 Å². The third kappa shape index (κ3) is 5.06. The summed E-state index contributed by atoms with van der Waals surface area (Å²) in [5.74, 6) is 0.880. The molecule has 0 saturated carbocycles. The number of hydrogen-bond donors (Lipinski definition) is 1. The standard InChI is InChI=1S/C13H20BrNO2/c1-4-15-8-12(9-16-3)17-11-5-6-13(14)10(2)7-11/h5-7,12,15H,4,8-9H2,1-3H3. The monoisotopic (exact) mass is 301 g/mol. The summed E-state index contributed by atoms with van der Waals surface area (Å²) >= 11 is 3.48. The van der Waals surface area contributed by atoms with Crippen LogP contribution in [0.3, 0.4) is 0 Å². The number of methoxy groups -OCH3 is 1. The summed E-state index contributed by atoms with van der Waals surface area (Å²) < 4.78 is 12.1. The molecule has 0 radical (unpaired) electrons. The number of benzene rings is 1. The first-order valence-electron chi connectivity index (χ1n) is 5.79. The zero-order valence-electron chi connectivity index (χ0n) is 10.6. The average molecular weight is 302 g/mol. The van der Waals surface area contributed by atoms with Gasteiger partial charge in [-0.2, -0.15) is 0 Å². The molecular weight excluding hydrogens is 282 g/mol. The topological polar surface area (TPSA) is 30.5 Å². The number of nitrogens with one attached hydrogen (secondary N) is 1. The van der Waals surface area contributed by atoms with E-state index < -0.39 is 0 Å². The van der Waals surface area contributed by atoms with Crippen LogP contribution in [0.15, 0.2) is 22.7 Å². The lowest BCUT2D eigenvalue weighted by atomic mass is 10.2. The lowest BCUT2D eigenvalue weighted by Gasteiger charge is -2.19. The van der Waals surface area contributed by atoms with Crippen LogP contribution in [0, 0.1) is 6.92 Å². The molecule has 17 heavy (non-hydrogen) atoms. The molecule has 3 nitrogen and oxygen atoms in total. The van der Waals surface area contributed by atoms with Gasteiger partial charge in [-0.15, -0.1) is 0 Å². The van der Waals surface area contributed by atoms with E-state index in [0.717, 1.165) is 23.3 Å². The number of hydrogen-bond acceptors (Lipinski definition) is 3. The zero-order valence-corrected chi connectivity index (χ0v) is 12.2. The lowest BCUT2D eigenvalue weighted by Crippen LogP contribution is -2.34. The minimum absolute atomic E-state index is 0.0422. The summed E-state index contributed by atoms with van der Waals surface area (Å²) in [4.78, 5) is 0. The second kappa shape index (κ2) is 7.69. The molecule has 4 heteroatoms. The van der Waals surface area contributed by atoms with Gasteiger partial charge in [0.2, 0.25) is 0 Å². The van der Waals surface area contributed by atoms with Gasteiger partial charge in [0.05, 0.1) is 6.61 Å². The first kappa shape index (κ1) is 14.5. The van der Waals surface area contributed by atoms with Crippen molar-refractivity contribution in [3.8, 4) is 5.75 Å². The van der Waals surface area contributed by atoms with Gasteiger partial charge in [-0.25, -0.2) is 0 Å². The van der Waals surface area contributed by atoms with Gasteiger partial charge < -0.3 is 14.8 Å². The first-order valence-corrected chi connectivity index (χ1v) is 6.59. The molecule has 0 aliphatic heterocycles. The Hall–Kier alpha value is -0.580. The van der Waals surface area contributed by atoms with Gasteiger partial charge in [0.15, 0.2) is 0 Å². The molecule has 1 aromatic rings. The van der Waals surface area contributed by atoms with E-state index in [1.54, 1.807) is 7.11 Å². The molecule has 0 heterocycles. The largest absolute Gasteiger partial charge is 0.487 e. The molecule has 0 bridgehead atoms. The minimum atomic E-state index is 0.0422. The Balaban J connectivity index is 2.61. The molecule has 96 valence electrons. The van der Waals surface area contributed by atoms with E-state index in [2.05, 4.69) is 28.2 Å². The van der Waals surface area contributed by atoms with E-state index in [-0.39, 0.29) is 6.10 Å². The van der Waals surface area contributed by atoms with E-state index in [0.29, 0.717) is 6.61 Å². The second-order valence-electron chi connectivity index (χ2n) is 3.91. The predicted octanol–water partition coefficient (Wildman–Crippen LogP) is 2.76. The van der Waals surface area contributed by atoms with Gasteiger partial charge in [0, 0.05) is 18.1 Å². The normalized spacial score (nSPS) is 12.5. The van der Waals surface area contributed by atoms with Crippen LogP contribution in [0.1, 0.15) is 12.5 Å². The summed E-state index contributed by atoms with van der Waals surface area (Å²) in [5.41, 5.74) is 1.17. The van der Waals surface area contributed by atoms with Crippen molar-refractivity contribution in [1.82, 2.24) is 5.32 Å². The van der Waals surface area contributed by atoms with Gasteiger partial charge in [0.1, 0.15) is 11.9 Å². The summed E-state index contributed by atoms with van der Waals surface area (Å²) in [6.07, 6.45) is 0.0422. The second-order valence-corrected chi connectivity index (χ2v) is 4.77. The van der Waals surface area contributed by atoms with Gasteiger partial charge >= 0.3 is 0 Å². The van der Waals surface area contributed by atoms with Crippen molar-refractivity contribution in [2.75, 3.05) is 26.8 Å². The summed E-state index contributed by atoms with van der Waals surface area (Å²) in [7, 11) is 1.69. The SMILES string of the molecule is CCNCC(COC)Oc1ccc(Br)c(C)c1. The van der Waals surface area contributed by atoms with E-state index in [1.807, 2.05) is 25.1 Å². The molecule has 0 aliphatic carbocycles. The molecular formula is C13H20BrNO2. The van der Waals surface area contributed by atoms with Gasteiger partial charge in [0.25, 0.3) is 0 Å². The third-order valence-corrected chi connectivity index (χ3v) is 3.30. The molecule has 0 saturated heterocycles. The van der Waals surface area contributed by atoms with Crippen molar-refractivity contribution >= 4 is 15.9 Å². The van der Waals surface area contributed by atoms with Crippen molar-refractivity contribution in [2.24, 2.45) is 0 Å². The highest BCUT2D eigenvalue weighted by Gasteiger charge is 2.10. The van der Waals surface area contributed by atoms with Gasteiger partial charge in [-0.3, -0.25) is 0 Å². The molecule has 0 aromatic heterocycles. The van der Waals surface area contributed by atoms with Crippen LogP contribution >= 0.6 is 15.9 Å². The summed E-state index contributed by atoms with van der Waals surface area (Å²) in [6, 6.07) is 5.99. The summed E-state index contributed by atoms with van der Waals surface area (Å²) in [6.45, 7) is 6.44. The molecule has 1 atom stereocenters. The molecule has 1 rings (SSSR count). The van der Waals surface area contributed by atoms with Crippen LogP contribution in [0.25, 0.3) is 0 Å². The number of halogens is 1. The Bertz CT molecular complexity index is 344. The maximum Gasteiger partial charge on any atom is 0.134 e. The molecule has 1 N–H and O–H groups in total. The summed E-state index contributed by atoms with van der Waals surface area (Å²) in [5, 5.41) is 3.27. The Kier molecular flexibility index (Phi) is 6.55. The van der Waals surface area contributed by atoms with E-state index >= 15 is 0 Å². The first-order chi connectivity index (χ1) is 8.17. The van der Waals surface area contributed by atoms with E-state index in [9.17, 15) is 0 Å². The van der Waals surface area contributed by atoms with Crippen molar-refractivity contribution in [3.63, 3.8) is 0 Å². The number of aryl methyl sites for hydroxylation is 1. The fraction of sp³-hybridized carbons (Fsp3) is 0.538. The van der Waals surface area contributed by atoms with Gasteiger partial charge in [-0.05, 0) is 37.2 Å². The zero-order chi connectivity index (χ0) is 12.7. The van der Waals surface area contributed by atoms with Crippen molar-refractivity contribution in [2.45, 2.75) is 20.0 Å². The van der Waals surface area contributed by atoms with Crippen LogP contribution < -0.4 is 10.1 Å². The third-order valence-electron chi connectivity index (χ3n) is 2.41. The maximum atomic E-state index is 5.88. The van der Waals surface area contributed by atoms with Crippen LogP contribution in [0.2, 0.25) is 0 Å². The highest BCUT2D eigenvalue weighted by atomic mass is 79.9. The highest BCUT2D eigenvalue weighted by molar-refractivity contribution is 9.10. The fourth-order valence-electron chi connectivity index (χ4n) is 1.51. The Morgan fingerprint density at radius 1 is 1.41 bits per heavy atom. The van der Waals surface area contributed by atoms with E-state index in [4.69, 9.17) is 9.47 Å². The van der Waals surface area contributed by atoms with Crippen LogP contribution in [-0.2, 0) is 4.74 Å². The van der Waals surface area contributed by atoms with Crippen LogP contribution in [-0.4, -0.2) is 32.9 Å². The van der Waals surface area contributed by atoms with Gasteiger partial charge in [-0.1, -0.05) is 22.9 Å². The van der Waals surface area contributed by atoms with Crippen molar-refractivity contribution in [3.05, 3.63) is 28.2 Å². The highest BCUT2D eigenvalue weighted by Crippen LogP contribution is 2.22. The average Bonchev–Trinajstić information content (AvgIpc) is 2.31. The van der Waals surface area contributed by atoms with Crippen molar-refractivity contribution < 1.29 is 9.47 Å². The number of ether oxygens (including phenoxy) is 2. The Morgan fingerprint density at radius 3 is 2.76 bits per heavy atom. The smallest absolute Gasteiger partial charge is 0.134 e. The quantitative estimate of drug-likeness (QED) is 0.840. The number of rotatable bonds is 7. The Morgan fingerprint density at radius 2 is 2.18 bits per heavy atom. The maximum absolute atomic E-state index is 5.88. The predicted molar refractivity (Wildman–Crippen MR) is 73.7 cm³/mol. The van der Waals surface area contributed by atoms with Crippen molar-refractivity contribution in [1.29, 1.82) is 0 Å². The van der Waals surface area contributed by atoms with Crippen LogP contribution in [0.5, 0.6) is 5.75 Å². The molecule has 0 aliphatic rings. The molecule has 0 amide bonds. The molecule has 0 fully saturated rings. The molecule has 0 spiro atoms. The fourth-order valence-corrected chi connectivity index (χ4v) is 1.76. The minimum Gasteiger partial charge on any atom is -0.487 e. The molecule has 1 unspecified atom stereocenters. The van der Waals surface area contributed by atoms with Crippen LogP contribution in [0.4, 0.5) is 0 Å². The van der Waals surface area contributed by atoms with E-state index in [1.165, 1.54) is 5.56 Å².